The standard InChI is InChI=1S/C22H30ClN6O3P/c1-4-7-24-20-19-16(23)13-25-21(19)28-22(27-20)26-17-6-5-15(12-18(17)32-3)33(31)10-8-29(9-11-33)14(2)30/h5-6,12-13,31,33H,4,7-11H2,1-3H3,(H3,24,25,26,27,28). The maximum absolute atomic E-state index is 11.6. The molecule has 0 aliphatic carbocycles. The van der Waals surface area contributed by atoms with Gasteiger partial charge in [0, 0.05) is 0 Å². The van der Waals surface area contributed by atoms with Crippen molar-refractivity contribution in [1.82, 2.24) is 19.9 Å². The van der Waals surface area contributed by atoms with Crippen molar-refractivity contribution >= 4 is 58.8 Å². The van der Waals surface area contributed by atoms with Crippen molar-refractivity contribution in [2.24, 2.45) is 0 Å². The zero-order chi connectivity index (χ0) is 23.6. The van der Waals surface area contributed by atoms with E-state index in [0.717, 1.165) is 23.7 Å². The summed E-state index contributed by atoms with van der Waals surface area (Å²) >= 11 is 6.31. The summed E-state index contributed by atoms with van der Waals surface area (Å²) in [7, 11) is -1.09. The van der Waals surface area contributed by atoms with Gasteiger partial charge in [0.1, 0.15) is 0 Å². The summed E-state index contributed by atoms with van der Waals surface area (Å²) in [5.41, 5.74) is 1.32. The Bertz CT molecular complexity index is 1160. The molecule has 0 bridgehead atoms. The minimum absolute atomic E-state index is 0.0521. The van der Waals surface area contributed by atoms with Crippen LogP contribution in [0.3, 0.4) is 0 Å². The summed E-state index contributed by atoms with van der Waals surface area (Å²) in [5.74, 6) is 1.71. The average Bonchev–Trinajstić information content (AvgIpc) is 3.18. The first-order chi connectivity index (χ1) is 15.8. The van der Waals surface area contributed by atoms with Crippen molar-refractivity contribution in [3.63, 3.8) is 0 Å². The molecule has 4 rings (SSSR count). The van der Waals surface area contributed by atoms with E-state index < -0.39 is 7.49 Å². The summed E-state index contributed by atoms with van der Waals surface area (Å²) in [5, 5.41) is 8.75. The first kappa shape index (κ1) is 23.5. The Morgan fingerprint density at radius 1 is 1.33 bits per heavy atom. The van der Waals surface area contributed by atoms with Crippen LogP contribution in [-0.4, -0.2) is 69.7 Å². The molecule has 0 atom stereocenters. The number of nitrogens with zero attached hydrogens (tertiary/aromatic N) is 3. The Hall–Kier alpha value is -2.61. The van der Waals surface area contributed by atoms with E-state index in [1.54, 1.807) is 25.1 Å². The predicted molar refractivity (Wildman–Crippen MR) is 136 cm³/mol. The number of fused-ring (bicyclic) bond motifs is 1. The number of carbonyl (C=O) groups excluding carboxylic acids is 1. The van der Waals surface area contributed by atoms with Gasteiger partial charge in [0.15, 0.2) is 0 Å². The molecule has 2 aromatic heterocycles. The van der Waals surface area contributed by atoms with Crippen LogP contribution in [0.15, 0.2) is 24.4 Å². The van der Waals surface area contributed by atoms with Gasteiger partial charge in [-0.1, -0.05) is 0 Å². The van der Waals surface area contributed by atoms with Crippen LogP contribution in [0.25, 0.3) is 11.0 Å². The Morgan fingerprint density at radius 3 is 2.76 bits per heavy atom. The third-order valence-corrected chi connectivity index (χ3v) is 9.83. The van der Waals surface area contributed by atoms with Crippen molar-refractivity contribution in [2.75, 3.05) is 49.7 Å². The van der Waals surface area contributed by atoms with E-state index in [1.165, 1.54) is 0 Å². The average molecular weight is 493 g/mol. The summed E-state index contributed by atoms with van der Waals surface area (Å²) in [6, 6.07) is 5.70. The zero-order valence-electron chi connectivity index (χ0n) is 19.0. The molecule has 9 nitrogen and oxygen atoms in total. The Labute approximate surface area is 198 Å². The number of methoxy groups -OCH3 is 1. The second kappa shape index (κ2) is 9.71. The second-order valence-electron chi connectivity index (χ2n) is 8.26. The SMILES string of the molecule is CCCNc1nc(Nc2ccc([PH]3(O)CCN(C(C)=O)CC3)cc2OC)nc2[nH]cc(Cl)c12. The number of H-pyrrole nitrogens is 1. The molecular formula is C22H30ClN6O3P. The van der Waals surface area contributed by atoms with Crippen LogP contribution in [0.5, 0.6) is 5.75 Å². The van der Waals surface area contributed by atoms with E-state index in [-0.39, 0.29) is 5.91 Å². The quantitative estimate of drug-likeness (QED) is 0.374. The number of ether oxygens (including phenoxy) is 1. The second-order valence-corrected chi connectivity index (χ2v) is 12.3. The zero-order valence-corrected chi connectivity index (χ0v) is 20.8. The van der Waals surface area contributed by atoms with E-state index >= 15 is 0 Å². The molecule has 0 radical (unpaired) electrons. The number of aromatic amines is 1. The molecule has 1 saturated heterocycles. The molecule has 1 aliphatic heterocycles. The van der Waals surface area contributed by atoms with Gasteiger partial charge in [-0.15, -0.1) is 0 Å². The third kappa shape index (κ3) is 4.86. The Balaban J connectivity index is 1.60. The molecular weight excluding hydrogens is 463 g/mol. The summed E-state index contributed by atoms with van der Waals surface area (Å²) in [4.78, 5) is 37.0. The number of halogens is 1. The van der Waals surface area contributed by atoms with Crippen molar-refractivity contribution in [1.29, 1.82) is 0 Å². The van der Waals surface area contributed by atoms with Crippen LogP contribution in [0.4, 0.5) is 17.5 Å². The number of hydrogen-bond donors (Lipinski definition) is 4. The van der Waals surface area contributed by atoms with Gasteiger partial charge >= 0.3 is 198 Å². The van der Waals surface area contributed by atoms with E-state index in [2.05, 4.69) is 32.5 Å². The van der Waals surface area contributed by atoms with Gasteiger partial charge in [-0.25, -0.2) is 0 Å². The number of anilines is 3. The molecule has 178 valence electrons. The fourth-order valence-electron chi connectivity index (χ4n) is 4.11. The van der Waals surface area contributed by atoms with Crippen molar-refractivity contribution in [3.05, 3.63) is 29.4 Å². The number of hydrogen-bond acceptors (Lipinski definition) is 7. The van der Waals surface area contributed by atoms with Crippen LogP contribution < -0.4 is 20.7 Å². The predicted octanol–water partition coefficient (Wildman–Crippen LogP) is 3.33. The molecule has 0 spiro atoms. The molecule has 11 heteroatoms. The summed E-state index contributed by atoms with van der Waals surface area (Å²) in [6.07, 6.45) is 3.87. The molecule has 1 aliphatic rings. The van der Waals surface area contributed by atoms with Crippen LogP contribution >= 0.6 is 19.1 Å². The molecule has 3 heterocycles. The number of amides is 1. The van der Waals surface area contributed by atoms with Crippen LogP contribution in [-0.2, 0) is 4.79 Å². The van der Waals surface area contributed by atoms with Crippen molar-refractivity contribution < 1.29 is 14.4 Å². The van der Waals surface area contributed by atoms with Gasteiger partial charge in [0.25, 0.3) is 0 Å². The molecule has 1 amide bonds. The molecule has 0 saturated carbocycles. The fraction of sp³-hybridized carbons (Fsp3) is 0.409. The minimum atomic E-state index is -2.68. The molecule has 4 N–H and O–H groups in total. The number of carbonyl (C=O) groups is 1. The number of nitrogens with one attached hydrogen (secondary N) is 3. The summed E-state index contributed by atoms with van der Waals surface area (Å²) in [6.45, 7) is 5.58. The molecule has 1 aromatic carbocycles. The Kier molecular flexibility index (Phi) is 6.93. The maximum atomic E-state index is 11.6. The Morgan fingerprint density at radius 2 is 2.09 bits per heavy atom. The monoisotopic (exact) mass is 492 g/mol. The number of aromatic nitrogens is 3. The van der Waals surface area contributed by atoms with Gasteiger partial charge in [-0.2, -0.15) is 0 Å². The van der Waals surface area contributed by atoms with Gasteiger partial charge in [-0.3, -0.25) is 0 Å². The van der Waals surface area contributed by atoms with Gasteiger partial charge in [0.2, 0.25) is 0 Å². The number of benzene rings is 1. The van der Waals surface area contributed by atoms with E-state index in [0.29, 0.717) is 59.3 Å². The van der Waals surface area contributed by atoms with Crippen molar-refractivity contribution in [3.8, 4) is 5.75 Å². The van der Waals surface area contributed by atoms with E-state index in [9.17, 15) is 9.69 Å². The molecule has 0 unspecified atom stereocenters. The first-order valence-electron chi connectivity index (χ1n) is 11.1. The van der Waals surface area contributed by atoms with Gasteiger partial charge in [-0.05, 0) is 0 Å². The van der Waals surface area contributed by atoms with Crippen LogP contribution in [0, 0.1) is 0 Å². The molecule has 33 heavy (non-hydrogen) atoms. The normalized spacial score (nSPS) is 16.5. The summed E-state index contributed by atoms with van der Waals surface area (Å²) < 4.78 is 5.62. The topological polar surface area (TPSA) is 115 Å². The van der Waals surface area contributed by atoms with Crippen LogP contribution in [0.2, 0.25) is 5.02 Å². The van der Waals surface area contributed by atoms with E-state index in [1.807, 2.05) is 18.2 Å². The third-order valence-electron chi connectivity index (χ3n) is 6.05. The van der Waals surface area contributed by atoms with Gasteiger partial charge < -0.3 is 0 Å². The first-order valence-corrected chi connectivity index (χ1v) is 13.8. The van der Waals surface area contributed by atoms with Crippen molar-refractivity contribution in [2.45, 2.75) is 20.3 Å². The molecule has 1 fully saturated rings. The number of rotatable bonds is 7. The van der Waals surface area contributed by atoms with Crippen LogP contribution in [0.1, 0.15) is 20.3 Å². The van der Waals surface area contributed by atoms with Gasteiger partial charge in [0.05, 0.1) is 0 Å². The molecule has 3 aromatic rings. The van der Waals surface area contributed by atoms with E-state index in [4.69, 9.17) is 16.3 Å². The fourth-order valence-corrected chi connectivity index (χ4v) is 7.24.